The van der Waals surface area contributed by atoms with Gasteiger partial charge in [-0.2, -0.15) is 0 Å². The molecule has 0 bridgehead atoms. The van der Waals surface area contributed by atoms with Crippen LogP contribution in [0.1, 0.15) is 12.5 Å². The van der Waals surface area contributed by atoms with E-state index < -0.39 is 34.8 Å². The van der Waals surface area contributed by atoms with Crippen molar-refractivity contribution in [2.45, 2.75) is 12.3 Å². The number of phenols is 2. The third kappa shape index (κ3) is 2.05. The largest absolute Gasteiger partial charge is 0.507 e. The second kappa shape index (κ2) is 4.97. The molecule has 1 aromatic rings. The number of carboxylic acids is 2. The molecule has 0 aliphatic heterocycles. The first-order chi connectivity index (χ1) is 9.82. The highest BCUT2D eigenvalue weighted by Crippen LogP contribution is 2.47. The van der Waals surface area contributed by atoms with Gasteiger partial charge in [-0.1, -0.05) is 31.2 Å². The van der Waals surface area contributed by atoms with Crippen LogP contribution in [0, 0.1) is 5.92 Å². The SMILES string of the molecule is CC1C(C(=O)O)=CC=CC1(C(=O)O)c1c(O)cccc1O. The lowest BCUT2D eigenvalue weighted by Crippen LogP contribution is -2.43. The van der Waals surface area contributed by atoms with Crippen LogP contribution in [0.2, 0.25) is 0 Å². The number of carbonyl (C=O) groups is 2. The van der Waals surface area contributed by atoms with Gasteiger partial charge in [0.25, 0.3) is 0 Å². The highest BCUT2D eigenvalue weighted by molar-refractivity contribution is 5.94. The molecular weight excluding hydrogens is 276 g/mol. The molecule has 21 heavy (non-hydrogen) atoms. The fourth-order valence-corrected chi connectivity index (χ4v) is 2.71. The van der Waals surface area contributed by atoms with Crippen molar-refractivity contribution in [1.29, 1.82) is 0 Å². The molecule has 2 unspecified atom stereocenters. The maximum Gasteiger partial charge on any atom is 0.331 e. The fraction of sp³-hybridized carbons (Fsp3) is 0.200. The van der Waals surface area contributed by atoms with Crippen LogP contribution in [-0.2, 0) is 15.0 Å². The van der Waals surface area contributed by atoms with E-state index in [9.17, 15) is 30.0 Å². The average Bonchev–Trinajstić information content (AvgIpc) is 2.39. The van der Waals surface area contributed by atoms with Crippen molar-refractivity contribution >= 4 is 11.9 Å². The quantitative estimate of drug-likeness (QED) is 0.672. The Kier molecular flexibility index (Phi) is 3.47. The number of benzene rings is 1. The van der Waals surface area contributed by atoms with Gasteiger partial charge >= 0.3 is 11.9 Å². The van der Waals surface area contributed by atoms with Crippen LogP contribution in [0.25, 0.3) is 0 Å². The predicted molar refractivity (Wildman–Crippen MR) is 73.1 cm³/mol. The predicted octanol–water partition coefficient (Wildman–Crippen LogP) is 1.64. The van der Waals surface area contributed by atoms with Crippen LogP contribution in [0.4, 0.5) is 0 Å². The van der Waals surface area contributed by atoms with Crippen molar-refractivity contribution in [2.75, 3.05) is 0 Å². The molecule has 0 heterocycles. The molecule has 1 aromatic carbocycles. The lowest BCUT2D eigenvalue weighted by atomic mass is 9.65. The van der Waals surface area contributed by atoms with E-state index in [1.165, 1.54) is 43.4 Å². The zero-order chi connectivity index (χ0) is 15.8. The van der Waals surface area contributed by atoms with Gasteiger partial charge in [0.15, 0.2) is 0 Å². The molecule has 0 fully saturated rings. The van der Waals surface area contributed by atoms with Gasteiger partial charge in [0.2, 0.25) is 0 Å². The standard InChI is InChI=1S/C15H14O6/c1-8-9(13(18)19)4-3-7-15(8,14(20)21)12-10(16)5-2-6-11(12)17/h2-8,16-17H,1H3,(H,18,19)(H,20,21). The van der Waals surface area contributed by atoms with Gasteiger partial charge in [-0.05, 0) is 12.1 Å². The van der Waals surface area contributed by atoms with E-state index in [1.54, 1.807) is 0 Å². The Labute approximate surface area is 120 Å². The molecule has 0 amide bonds. The van der Waals surface area contributed by atoms with Crippen molar-refractivity contribution < 1.29 is 30.0 Å². The summed E-state index contributed by atoms with van der Waals surface area (Å²) in [7, 11) is 0. The Balaban J connectivity index is 2.75. The summed E-state index contributed by atoms with van der Waals surface area (Å²) in [6, 6.07) is 3.87. The Morgan fingerprint density at radius 1 is 1.14 bits per heavy atom. The Morgan fingerprint density at radius 2 is 1.71 bits per heavy atom. The Morgan fingerprint density at radius 3 is 2.19 bits per heavy atom. The molecule has 6 heteroatoms. The van der Waals surface area contributed by atoms with E-state index in [-0.39, 0.29) is 11.1 Å². The minimum Gasteiger partial charge on any atom is -0.507 e. The second-order valence-electron chi connectivity index (χ2n) is 4.85. The lowest BCUT2D eigenvalue weighted by Gasteiger charge is -2.35. The highest BCUT2D eigenvalue weighted by Gasteiger charge is 2.50. The van der Waals surface area contributed by atoms with Crippen LogP contribution >= 0.6 is 0 Å². The molecule has 1 aliphatic carbocycles. The first kappa shape index (κ1) is 14.6. The third-order valence-corrected chi connectivity index (χ3v) is 3.82. The van der Waals surface area contributed by atoms with E-state index in [0.29, 0.717) is 0 Å². The fourth-order valence-electron chi connectivity index (χ4n) is 2.71. The summed E-state index contributed by atoms with van der Waals surface area (Å²) in [5, 5.41) is 38.8. The van der Waals surface area contributed by atoms with E-state index in [4.69, 9.17) is 0 Å². The third-order valence-electron chi connectivity index (χ3n) is 3.82. The van der Waals surface area contributed by atoms with Crippen molar-refractivity contribution in [1.82, 2.24) is 0 Å². The van der Waals surface area contributed by atoms with E-state index in [0.717, 1.165) is 0 Å². The number of aromatic hydroxyl groups is 2. The number of aliphatic carboxylic acids is 2. The van der Waals surface area contributed by atoms with Gasteiger partial charge in [0.1, 0.15) is 16.9 Å². The lowest BCUT2D eigenvalue weighted by molar-refractivity contribution is -0.143. The number of rotatable bonds is 3. The molecule has 1 aliphatic rings. The van der Waals surface area contributed by atoms with Gasteiger partial charge in [-0.15, -0.1) is 0 Å². The summed E-state index contributed by atoms with van der Waals surface area (Å²) in [4.78, 5) is 23.1. The molecule has 0 spiro atoms. The zero-order valence-corrected chi connectivity index (χ0v) is 11.1. The maximum atomic E-state index is 11.9. The number of allylic oxidation sites excluding steroid dienone is 2. The topological polar surface area (TPSA) is 115 Å². The molecule has 2 atom stereocenters. The summed E-state index contributed by atoms with van der Waals surface area (Å²) in [5.74, 6) is -4.37. The highest BCUT2D eigenvalue weighted by atomic mass is 16.4. The summed E-state index contributed by atoms with van der Waals surface area (Å²) >= 11 is 0. The van der Waals surface area contributed by atoms with E-state index in [2.05, 4.69) is 0 Å². The monoisotopic (exact) mass is 290 g/mol. The molecule has 0 saturated heterocycles. The van der Waals surface area contributed by atoms with E-state index in [1.807, 2.05) is 0 Å². The molecular formula is C15H14O6. The van der Waals surface area contributed by atoms with Crippen LogP contribution in [-0.4, -0.2) is 32.4 Å². The van der Waals surface area contributed by atoms with Crippen LogP contribution in [0.3, 0.4) is 0 Å². The Hall–Kier alpha value is -2.76. The van der Waals surface area contributed by atoms with Crippen LogP contribution in [0.15, 0.2) is 42.0 Å². The number of hydrogen-bond acceptors (Lipinski definition) is 4. The van der Waals surface area contributed by atoms with Crippen molar-refractivity contribution in [3.05, 3.63) is 47.6 Å². The van der Waals surface area contributed by atoms with Crippen molar-refractivity contribution in [3.8, 4) is 11.5 Å². The number of hydrogen-bond donors (Lipinski definition) is 4. The van der Waals surface area contributed by atoms with Crippen LogP contribution < -0.4 is 0 Å². The maximum absolute atomic E-state index is 11.9. The smallest absolute Gasteiger partial charge is 0.331 e. The molecule has 2 rings (SSSR count). The van der Waals surface area contributed by atoms with Gasteiger partial charge in [0.05, 0.1) is 5.56 Å². The first-order valence-corrected chi connectivity index (χ1v) is 6.20. The molecule has 6 nitrogen and oxygen atoms in total. The molecule has 4 N–H and O–H groups in total. The van der Waals surface area contributed by atoms with Crippen LogP contribution in [0.5, 0.6) is 11.5 Å². The summed E-state index contributed by atoms with van der Waals surface area (Å²) < 4.78 is 0. The molecule has 0 aromatic heterocycles. The first-order valence-electron chi connectivity index (χ1n) is 6.20. The molecule has 0 radical (unpaired) electrons. The Bertz CT molecular complexity index is 652. The van der Waals surface area contributed by atoms with Crippen molar-refractivity contribution in [3.63, 3.8) is 0 Å². The average molecular weight is 290 g/mol. The number of phenolic OH excluding ortho intramolecular Hbond substituents is 2. The summed E-state index contributed by atoms with van der Waals surface area (Å²) in [5.41, 5.74) is -2.17. The molecule has 0 saturated carbocycles. The summed E-state index contributed by atoms with van der Waals surface area (Å²) in [6.45, 7) is 1.43. The number of carboxylic acid groups (broad SMARTS) is 2. The molecule has 110 valence electrons. The van der Waals surface area contributed by atoms with Gasteiger partial charge in [-0.25, -0.2) is 4.79 Å². The van der Waals surface area contributed by atoms with Gasteiger partial charge in [0, 0.05) is 11.5 Å². The minimum absolute atomic E-state index is 0.109. The second-order valence-corrected chi connectivity index (χ2v) is 4.85. The van der Waals surface area contributed by atoms with E-state index >= 15 is 0 Å². The minimum atomic E-state index is -1.85. The summed E-state index contributed by atoms with van der Waals surface area (Å²) in [6.07, 6.45) is 3.90. The van der Waals surface area contributed by atoms with Crippen molar-refractivity contribution in [2.24, 2.45) is 5.92 Å². The van der Waals surface area contributed by atoms with Gasteiger partial charge in [-0.3, -0.25) is 4.79 Å². The van der Waals surface area contributed by atoms with Gasteiger partial charge < -0.3 is 20.4 Å². The normalized spacial score (nSPS) is 24.4. The zero-order valence-electron chi connectivity index (χ0n) is 11.1.